The van der Waals surface area contributed by atoms with Gasteiger partial charge in [-0.25, -0.2) is 4.79 Å². The number of rotatable bonds is 9. The van der Waals surface area contributed by atoms with Gasteiger partial charge in [0.25, 0.3) is 0 Å². The summed E-state index contributed by atoms with van der Waals surface area (Å²) in [5.74, 6) is -0.725. The van der Waals surface area contributed by atoms with Gasteiger partial charge in [-0.1, -0.05) is 15.9 Å². The number of benzene rings is 1. The second-order valence-corrected chi connectivity index (χ2v) is 5.24. The molecule has 0 fully saturated rings. The molecule has 7 heteroatoms. The minimum atomic E-state index is -1.11. The first kappa shape index (κ1) is 17.5. The molecule has 0 bridgehead atoms. The Labute approximate surface area is 131 Å². The molecule has 0 aliphatic heterocycles. The Bertz CT molecular complexity index is 463. The van der Waals surface area contributed by atoms with Crippen LogP contribution in [0.5, 0.6) is 5.75 Å². The third-order valence-corrected chi connectivity index (χ3v) is 3.13. The van der Waals surface area contributed by atoms with Crippen LogP contribution in [0, 0.1) is 0 Å². The third kappa shape index (κ3) is 7.10. The molecular weight excluding hydrogens is 342 g/mol. The molecular formula is C14H18BrNO5. The lowest BCUT2D eigenvalue weighted by atomic mass is 10.2. The van der Waals surface area contributed by atoms with Crippen molar-refractivity contribution in [2.45, 2.75) is 18.9 Å². The second kappa shape index (κ2) is 9.36. The molecule has 0 aliphatic carbocycles. The first-order valence-electron chi connectivity index (χ1n) is 6.42. The highest BCUT2D eigenvalue weighted by molar-refractivity contribution is 9.10. The number of hydrogen-bond donors (Lipinski definition) is 2. The summed E-state index contributed by atoms with van der Waals surface area (Å²) >= 11 is 3.33. The fourth-order valence-electron chi connectivity index (χ4n) is 1.56. The molecule has 0 heterocycles. The van der Waals surface area contributed by atoms with Gasteiger partial charge in [-0.3, -0.25) is 4.79 Å². The minimum absolute atomic E-state index is 0.0591. The van der Waals surface area contributed by atoms with Crippen LogP contribution in [0.2, 0.25) is 0 Å². The Hall–Kier alpha value is -1.60. The van der Waals surface area contributed by atoms with Gasteiger partial charge in [-0.2, -0.15) is 0 Å². The van der Waals surface area contributed by atoms with Gasteiger partial charge in [0.1, 0.15) is 5.75 Å². The Kier molecular flexibility index (Phi) is 7.78. The molecule has 1 atom stereocenters. The van der Waals surface area contributed by atoms with Crippen molar-refractivity contribution >= 4 is 27.8 Å². The minimum Gasteiger partial charge on any atom is -0.494 e. The maximum absolute atomic E-state index is 11.6. The average Bonchev–Trinajstić information content (AvgIpc) is 2.45. The normalized spacial score (nSPS) is 11.7. The van der Waals surface area contributed by atoms with Crippen molar-refractivity contribution in [1.29, 1.82) is 0 Å². The van der Waals surface area contributed by atoms with Crippen molar-refractivity contribution in [2.24, 2.45) is 0 Å². The van der Waals surface area contributed by atoms with E-state index in [0.717, 1.165) is 10.2 Å². The van der Waals surface area contributed by atoms with Crippen molar-refractivity contribution in [3.8, 4) is 5.75 Å². The Balaban J connectivity index is 2.23. The SMILES string of the molecule is COCC(NC(=O)CCCOc1ccc(Br)cc1)C(=O)O. The number of amides is 1. The van der Waals surface area contributed by atoms with E-state index in [0.29, 0.717) is 13.0 Å². The van der Waals surface area contributed by atoms with E-state index in [2.05, 4.69) is 21.2 Å². The van der Waals surface area contributed by atoms with Gasteiger partial charge in [-0.15, -0.1) is 0 Å². The molecule has 1 rings (SSSR count). The van der Waals surface area contributed by atoms with E-state index in [1.807, 2.05) is 24.3 Å². The number of carboxylic acid groups (broad SMARTS) is 1. The van der Waals surface area contributed by atoms with Crippen LogP contribution in [-0.2, 0) is 14.3 Å². The van der Waals surface area contributed by atoms with E-state index >= 15 is 0 Å². The first-order valence-corrected chi connectivity index (χ1v) is 7.21. The largest absolute Gasteiger partial charge is 0.494 e. The number of carbonyl (C=O) groups is 2. The van der Waals surface area contributed by atoms with Crippen molar-refractivity contribution in [3.63, 3.8) is 0 Å². The maximum atomic E-state index is 11.6. The summed E-state index contributed by atoms with van der Waals surface area (Å²) in [5, 5.41) is 11.3. The van der Waals surface area contributed by atoms with Crippen LogP contribution in [-0.4, -0.2) is 43.3 Å². The number of hydrogen-bond acceptors (Lipinski definition) is 4. The fraction of sp³-hybridized carbons (Fsp3) is 0.429. The molecule has 6 nitrogen and oxygen atoms in total. The average molecular weight is 360 g/mol. The molecule has 0 saturated carbocycles. The third-order valence-electron chi connectivity index (χ3n) is 2.60. The molecule has 0 saturated heterocycles. The summed E-state index contributed by atoms with van der Waals surface area (Å²) in [6, 6.07) is 6.36. The van der Waals surface area contributed by atoms with Crippen molar-refractivity contribution in [1.82, 2.24) is 5.32 Å². The van der Waals surface area contributed by atoms with Crippen LogP contribution in [0.1, 0.15) is 12.8 Å². The Morgan fingerprint density at radius 3 is 2.57 bits per heavy atom. The van der Waals surface area contributed by atoms with Crippen LogP contribution in [0.15, 0.2) is 28.7 Å². The van der Waals surface area contributed by atoms with E-state index in [4.69, 9.17) is 14.6 Å². The van der Waals surface area contributed by atoms with E-state index in [1.165, 1.54) is 7.11 Å². The van der Waals surface area contributed by atoms with Gasteiger partial charge in [0.15, 0.2) is 6.04 Å². The number of carboxylic acids is 1. The lowest BCUT2D eigenvalue weighted by molar-refractivity contribution is -0.143. The van der Waals surface area contributed by atoms with Gasteiger partial charge in [-0.05, 0) is 30.7 Å². The standard InChI is InChI=1S/C14H18BrNO5/c1-20-9-12(14(18)19)16-13(17)3-2-8-21-11-6-4-10(15)5-7-11/h4-7,12H,2-3,8-9H2,1H3,(H,16,17)(H,18,19). The summed E-state index contributed by atoms with van der Waals surface area (Å²) in [7, 11) is 1.38. The van der Waals surface area contributed by atoms with Gasteiger partial charge in [0.05, 0.1) is 13.2 Å². The molecule has 21 heavy (non-hydrogen) atoms. The lowest BCUT2D eigenvalue weighted by Gasteiger charge is -2.13. The molecule has 0 aromatic heterocycles. The van der Waals surface area contributed by atoms with Crippen LogP contribution < -0.4 is 10.1 Å². The Morgan fingerprint density at radius 2 is 2.00 bits per heavy atom. The van der Waals surface area contributed by atoms with E-state index in [-0.39, 0.29) is 18.9 Å². The first-order chi connectivity index (χ1) is 10.0. The smallest absolute Gasteiger partial charge is 0.328 e. The molecule has 1 unspecified atom stereocenters. The van der Waals surface area contributed by atoms with E-state index in [9.17, 15) is 9.59 Å². The zero-order valence-corrected chi connectivity index (χ0v) is 13.3. The van der Waals surface area contributed by atoms with Crippen molar-refractivity contribution < 1.29 is 24.2 Å². The van der Waals surface area contributed by atoms with Crippen LogP contribution in [0.4, 0.5) is 0 Å². The number of nitrogens with one attached hydrogen (secondary N) is 1. The maximum Gasteiger partial charge on any atom is 0.328 e. The predicted octanol–water partition coefficient (Wildman–Crippen LogP) is 1.82. The topological polar surface area (TPSA) is 84.9 Å². The molecule has 1 aromatic carbocycles. The number of ether oxygens (including phenoxy) is 2. The zero-order chi connectivity index (χ0) is 15.7. The van der Waals surface area contributed by atoms with Gasteiger partial charge < -0.3 is 19.9 Å². The fourth-order valence-corrected chi connectivity index (χ4v) is 1.83. The molecule has 1 amide bonds. The molecule has 0 aliphatic rings. The number of aliphatic carboxylic acids is 1. The highest BCUT2D eigenvalue weighted by Gasteiger charge is 2.19. The van der Waals surface area contributed by atoms with Gasteiger partial charge in [0.2, 0.25) is 5.91 Å². The second-order valence-electron chi connectivity index (χ2n) is 4.32. The Morgan fingerprint density at radius 1 is 1.33 bits per heavy atom. The molecule has 1 aromatic rings. The van der Waals surface area contributed by atoms with Crippen LogP contribution >= 0.6 is 15.9 Å². The van der Waals surface area contributed by atoms with Crippen molar-refractivity contribution in [2.75, 3.05) is 20.3 Å². The van der Waals surface area contributed by atoms with Gasteiger partial charge >= 0.3 is 5.97 Å². The summed E-state index contributed by atoms with van der Waals surface area (Å²) < 4.78 is 11.2. The summed E-state index contributed by atoms with van der Waals surface area (Å²) in [6.45, 7) is 0.327. The number of halogens is 1. The molecule has 116 valence electrons. The quantitative estimate of drug-likeness (QED) is 0.657. The van der Waals surface area contributed by atoms with Crippen LogP contribution in [0.25, 0.3) is 0 Å². The van der Waals surface area contributed by atoms with Gasteiger partial charge in [0, 0.05) is 18.0 Å². The summed E-state index contributed by atoms with van der Waals surface area (Å²) in [5.41, 5.74) is 0. The predicted molar refractivity (Wildman–Crippen MR) is 80.3 cm³/mol. The van der Waals surface area contributed by atoms with E-state index in [1.54, 1.807) is 0 Å². The highest BCUT2D eigenvalue weighted by atomic mass is 79.9. The molecule has 2 N–H and O–H groups in total. The lowest BCUT2D eigenvalue weighted by Crippen LogP contribution is -2.43. The molecule has 0 radical (unpaired) electrons. The highest BCUT2D eigenvalue weighted by Crippen LogP contribution is 2.16. The zero-order valence-electron chi connectivity index (χ0n) is 11.7. The summed E-state index contributed by atoms with van der Waals surface area (Å²) in [6.07, 6.45) is 0.700. The van der Waals surface area contributed by atoms with Crippen molar-refractivity contribution in [3.05, 3.63) is 28.7 Å². The number of methoxy groups -OCH3 is 1. The molecule has 0 spiro atoms. The van der Waals surface area contributed by atoms with E-state index < -0.39 is 12.0 Å². The van der Waals surface area contributed by atoms with Crippen LogP contribution in [0.3, 0.4) is 0 Å². The number of carbonyl (C=O) groups excluding carboxylic acids is 1. The summed E-state index contributed by atoms with van der Waals surface area (Å²) in [4.78, 5) is 22.4. The monoisotopic (exact) mass is 359 g/mol.